The van der Waals surface area contributed by atoms with E-state index in [4.69, 9.17) is 0 Å². The van der Waals surface area contributed by atoms with Crippen molar-refractivity contribution in [3.63, 3.8) is 0 Å². The van der Waals surface area contributed by atoms with Gasteiger partial charge in [-0.3, -0.25) is 0 Å². The topological polar surface area (TPSA) is 15.3 Å². The lowest BCUT2D eigenvalue weighted by Gasteiger charge is -2.16. The van der Waals surface area contributed by atoms with Gasteiger partial charge in [0.05, 0.1) is 0 Å². The third kappa shape index (κ3) is 2.27. The second kappa shape index (κ2) is 3.35. The fraction of sp³-hybridized carbons (Fsp3) is 1.00. The lowest BCUT2D eigenvalue weighted by atomic mass is 10.2. The Labute approximate surface area is 63.6 Å². The quantitative estimate of drug-likeness (QED) is 0.535. The van der Waals surface area contributed by atoms with Crippen molar-refractivity contribution in [3.8, 4) is 0 Å². The van der Waals surface area contributed by atoms with Gasteiger partial charge >= 0.3 is 0 Å². The molecular formula is C8H18N2. The predicted octanol–water partition coefficient (Wildman–Crippen LogP) is 0.689. The van der Waals surface area contributed by atoms with E-state index in [1.807, 2.05) is 0 Å². The lowest BCUT2D eigenvalue weighted by molar-refractivity contribution is 0.332. The molecule has 60 valence electrons. The first-order valence-corrected chi connectivity index (χ1v) is 4.13. The number of likely N-dealkylation sites (N-methyl/N-ethyl adjacent to an activating group) is 1. The monoisotopic (exact) mass is 142 g/mol. The van der Waals surface area contributed by atoms with Crippen LogP contribution in [0.3, 0.4) is 0 Å². The van der Waals surface area contributed by atoms with Crippen LogP contribution in [-0.4, -0.2) is 37.1 Å². The van der Waals surface area contributed by atoms with Crippen molar-refractivity contribution >= 4 is 0 Å². The van der Waals surface area contributed by atoms with Crippen molar-refractivity contribution in [2.75, 3.05) is 20.1 Å². The van der Waals surface area contributed by atoms with E-state index >= 15 is 0 Å². The largest absolute Gasteiger partial charge is 0.310 e. The zero-order valence-electron chi connectivity index (χ0n) is 7.22. The first kappa shape index (κ1) is 8.02. The molecule has 1 aliphatic rings. The van der Waals surface area contributed by atoms with Crippen molar-refractivity contribution in [1.29, 1.82) is 0 Å². The lowest BCUT2D eigenvalue weighted by Crippen LogP contribution is -2.36. The Morgan fingerprint density at radius 1 is 1.30 bits per heavy atom. The van der Waals surface area contributed by atoms with Gasteiger partial charge in [-0.2, -0.15) is 0 Å². The molecule has 1 N–H and O–H groups in total. The Balaban J connectivity index is 2.38. The fourth-order valence-corrected chi connectivity index (χ4v) is 1.59. The minimum atomic E-state index is 0.655. The molecule has 0 spiro atoms. The van der Waals surface area contributed by atoms with Gasteiger partial charge in [0.2, 0.25) is 0 Å². The predicted molar refractivity (Wildman–Crippen MR) is 44.2 cm³/mol. The molecule has 0 aliphatic carbocycles. The summed E-state index contributed by atoms with van der Waals surface area (Å²) in [7, 11) is 2.19. The van der Waals surface area contributed by atoms with Crippen LogP contribution in [0, 0.1) is 0 Å². The molecule has 10 heavy (non-hydrogen) atoms. The molecule has 0 amide bonds. The van der Waals surface area contributed by atoms with Gasteiger partial charge in [-0.25, -0.2) is 0 Å². The summed E-state index contributed by atoms with van der Waals surface area (Å²) >= 11 is 0. The first-order valence-electron chi connectivity index (χ1n) is 4.13. The average molecular weight is 142 g/mol. The van der Waals surface area contributed by atoms with Crippen LogP contribution in [0.25, 0.3) is 0 Å². The van der Waals surface area contributed by atoms with E-state index in [1.165, 1.54) is 19.5 Å². The molecule has 1 rings (SSSR count). The summed E-state index contributed by atoms with van der Waals surface area (Å²) in [6, 6.07) is 1.35. The third-order valence-corrected chi connectivity index (χ3v) is 2.10. The van der Waals surface area contributed by atoms with Gasteiger partial charge in [0, 0.05) is 18.6 Å². The summed E-state index contributed by atoms with van der Waals surface area (Å²) in [5.41, 5.74) is 0. The average Bonchev–Trinajstić information content (AvgIpc) is 1.93. The molecule has 0 aromatic heterocycles. The van der Waals surface area contributed by atoms with E-state index in [9.17, 15) is 0 Å². The smallest absolute Gasteiger partial charge is 0.0169 e. The van der Waals surface area contributed by atoms with Crippen molar-refractivity contribution in [1.82, 2.24) is 10.2 Å². The Kier molecular flexibility index (Phi) is 2.69. The van der Waals surface area contributed by atoms with Crippen molar-refractivity contribution in [3.05, 3.63) is 0 Å². The summed E-state index contributed by atoms with van der Waals surface area (Å²) in [6.45, 7) is 6.93. The molecule has 0 saturated carbocycles. The summed E-state index contributed by atoms with van der Waals surface area (Å²) in [6.07, 6.45) is 1.28. The maximum atomic E-state index is 3.53. The van der Waals surface area contributed by atoms with Crippen LogP contribution in [0.15, 0.2) is 0 Å². The molecular weight excluding hydrogens is 124 g/mol. The molecule has 0 aromatic carbocycles. The van der Waals surface area contributed by atoms with E-state index in [-0.39, 0.29) is 0 Å². The molecule has 1 fully saturated rings. The van der Waals surface area contributed by atoms with Gasteiger partial charge in [0.1, 0.15) is 0 Å². The number of hydrogen-bond donors (Lipinski definition) is 1. The molecule has 0 bridgehead atoms. The van der Waals surface area contributed by atoms with E-state index < -0.39 is 0 Å². The highest BCUT2D eigenvalue weighted by molar-refractivity contribution is 4.75. The Bertz CT molecular complexity index is 91.4. The van der Waals surface area contributed by atoms with Crippen LogP contribution in [0.4, 0.5) is 0 Å². The van der Waals surface area contributed by atoms with Crippen LogP contribution in [0.2, 0.25) is 0 Å². The van der Waals surface area contributed by atoms with Crippen LogP contribution in [0.1, 0.15) is 20.3 Å². The zero-order valence-corrected chi connectivity index (χ0v) is 7.22. The van der Waals surface area contributed by atoms with Gasteiger partial charge in [0.25, 0.3) is 0 Å². The molecule has 1 heterocycles. The Morgan fingerprint density at radius 2 is 2.00 bits per heavy atom. The number of nitrogens with zero attached hydrogens (tertiary/aromatic N) is 1. The molecule has 0 radical (unpaired) electrons. The maximum Gasteiger partial charge on any atom is 0.0169 e. The fourth-order valence-electron chi connectivity index (χ4n) is 1.59. The molecule has 0 aromatic rings. The number of rotatable bonds is 0. The molecule has 2 nitrogen and oxygen atoms in total. The first-order chi connectivity index (χ1) is 4.68. The summed E-state index contributed by atoms with van der Waals surface area (Å²) in [5.74, 6) is 0. The minimum absolute atomic E-state index is 0.655. The third-order valence-electron chi connectivity index (χ3n) is 2.10. The van der Waals surface area contributed by atoms with Gasteiger partial charge in [-0.1, -0.05) is 0 Å². The highest BCUT2D eigenvalue weighted by atomic mass is 15.1. The number of nitrogens with one attached hydrogen (secondary N) is 1. The molecule has 2 unspecified atom stereocenters. The molecule has 2 atom stereocenters. The molecule has 2 heteroatoms. The Morgan fingerprint density at radius 3 is 2.70 bits per heavy atom. The summed E-state index contributed by atoms with van der Waals surface area (Å²) in [5, 5.41) is 3.53. The second-order valence-corrected chi connectivity index (χ2v) is 3.52. The summed E-state index contributed by atoms with van der Waals surface area (Å²) < 4.78 is 0. The van der Waals surface area contributed by atoms with Gasteiger partial charge < -0.3 is 10.2 Å². The highest BCUT2D eigenvalue weighted by Crippen LogP contribution is 2.02. The van der Waals surface area contributed by atoms with Crippen LogP contribution >= 0.6 is 0 Å². The Hall–Kier alpha value is -0.0800. The van der Waals surface area contributed by atoms with Gasteiger partial charge in [-0.15, -0.1) is 0 Å². The standard InChI is InChI=1S/C8H18N2/c1-7-4-5-10(3)6-8(2)9-7/h7-9H,4-6H2,1-3H3. The van der Waals surface area contributed by atoms with E-state index in [1.54, 1.807) is 0 Å². The van der Waals surface area contributed by atoms with Crippen molar-refractivity contribution in [2.24, 2.45) is 0 Å². The number of hydrogen-bond acceptors (Lipinski definition) is 2. The van der Waals surface area contributed by atoms with E-state index in [0.29, 0.717) is 12.1 Å². The van der Waals surface area contributed by atoms with Crippen molar-refractivity contribution in [2.45, 2.75) is 32.4 Å². The SMILES string of the molecule is CC1CCN(C)CC(C)N1. The highest BCUT2D eigenvalue weighted by Gasteiger charge is 2.14. The molecule has 1 saturated heterocycles. The molecule has 1 aliphatic heterocycles. The van der Waals surface area contributed by atoms with Crippen LogP contribution in [-0.2, 0) is 0 Å². The van der Waals surface area contributed by atoms with Crippen molar-refractivity contribution < 1.29 is 0 Å². The minimum Gasteiger partial charge on any atom is -0.310 e. The maximum absolute atomic E-state index is 3.53. The summed E-state index contributed by atoms with van der Waals surface area (Å²) in [4.78, 5) is 2.39. The van der Waals surface area contributed by atoms with E-state index in [2.05, 4.69) is 31.1 Å². The second-order valence-electron chi connectivity index (χ2n) is 3.52. The van der Waals surface area contributed by atoms with Crippen LogP contribution in [0.5, 0.6) is 0 Å². The normalized spacial score (nSPS) is 37.5. The van der Waals surface area contributed by atoms with Crippen LogP contribution < -0.4 is 5.32 Å². The van der Waals surface area contributed by atoms with Gasteiger partial charge in [-0.05, 0) is 33.9 Å². The van der Waals surface area contributed by atoms with E-state index in [0.717, 1.165) is 0 Å². The van der Waals surface area contributed by atoms with Gasteiger partial charge in [0.15, 0.2) is 0 Å². The zero-order chi connectivity index (χ0) is 7.56.